The van der Waals surface area contributed by atoms with Gasteiger partial charge in [-0.25, -0.2) is 0 Å². The van der Waals surface area contributed by atoms with E-state index in [9.17, 15) is 9.90 Å². The second-order valence-corrected chi connectivity index (χ2v) is 2.85. The molecule has 1 aliphatic rings. The molecular formula is C7H12O6. The van der Waals surface area contributed by atoms with Crippen molar-refractivity contribution in [1.82, 2.24) is 0 Å². The van der Waals surface area contributed by atoms with Gasteiger partial charge in [-0.2, -0.15) is 0 Å². The first-order valence-electron chi connectivity index (χ1n) is 3.85. The molecule has 1 fully saturated rings. The Balaban J connectivity index is 2.53. The topological polar surface area (TPSA) is 96.2 Å². The highest BCUT2D eigenvalue weighted by Crippen LogP contribution is 2.16. The summed E-state index contributed by atoms with van der Waals surface area (Å²) in [6, 6.07) is 0. The lowest BCUT2D eigenvalue weighted by Gasteiger charge is -2.34. The minimum Gasteiger partial charge on any atom is -0.457 e. The SMILES string of the molecule is CC(=O)O[C@@H]1CO[C@@H](O)[C@H](O)[C@@H]1O. The van der Waals surface area contributed by atoms with Gasteiger partial charge in [-0.3, -0.25) is 4.79 Å². The molecule has 0 spiro atoms. The van der Waals surface area contributed by atoms with Gasteiger partial charge in [0, 0.05) is 6.92 Å². The van der Waals surface area contributed by atoms with Crippen molar-refractivity contribution < 1.29 is 29.6 Å². The fourth-order valence-electron chi connectivity index (χ4n) is 1.10. The van der Waals surface area contributed by atoms with Crippen LogP contribution in [0.4, 0.5) is 0 Å². The van der Waals surface area contributed by atoms with Crippen LogP contribution in [0.25, 0.3) is 0 Å². The van der Waals surface area contributed by atoms with Crippen molar-refractivity contribution >= 4 is 5.97 Å². The minimum atomic E-state index is -1.45. The van der Waals surface area contributed by atoms with Crippen LogP contribution in [0.3, 0.4) is 0 Å². The average molecular weight is 192 g/mol. The number of rotatable bonds is 1. The molecule has 0 bridgehead atoms. The predicted octanol–water partition coefficient (Wildman–Crippen LogP) is -2.01. The van der Waals surface area contributed by atoms with Crippen LogP contribution >= 0.6 is 0 Å². The maximum absolute atomic E-state index is 10.5. The van der Waals surface area contributed by atoms with E-state index in [0.29, 0.717) is 0 Å². The fraction of sp³-hybridized carbons (Fsp3) is 0.857. The van der Waals surface area contributed by atoms with Crippen LogP contribution in [0.2, 0.25) is 0 Å². The summed E-state index contributed by atoms with van der Waals surface area (Å²) in [6.07, 6.45) is -5.11. The van der Waals surface area contributed by atoms with E-state index in [1.807, 2.05) is 0 Å². The molecular weight excluding hydrogens is 180 g/mol. The van der Waals surface area contributed by atoms with Crippen LogP contribution in [0.15, 0.2) is 0 Å². The maximum Gasteiger partial charge on any atom is 0.303 e. The van der Waals surface area contributed by atoms with E-state index in [0.717, 1.165) is 0 Å². The summed E-state index contributed by atoms with van der Waals surface area (Å²) >= 11 is 0. The summed E-state index contributed by atoms with van der Waals surface area (Å²) in [7, 11) is 0. The Hall–Kier alpha value is -0.690. The summed E-state index contributed by atoms with van der Waals surface area (Å²) in [5.74, 6) is -0.573. The Kier molecular flexibility index (Phi) is 3.21. The van der Waals surface area contributed by atoms with E-state index >= 15 is 0 Å². The number of carbonyl (C=O) groups is 1. The number of aliphatic hydroxyl groups is 3. The summed E-state index contributed by atoms with van der Waals surface area (Å²) in [5, 5.41) is 27.3. The second kappa shape index (κ2) is 4.01. The van der Waals surface area contributed by atoms with Gasteiger partial charge in [0.15, 0.2) is 12.4 Å². The van der Waals surface area contributed by atoms with Crippen LogP contribution in [-0.2, 0) is 14.3 Å². The van der Waals surface area contributed by atoms with Gasteiger partial charge in [-0.1, -0.05) is 0 Å². The lowest BCUT2D eigenvalue weighted by molar-refractivity contribution is -0.256. The monoisotopic (exact) mass is 192 g/mol. The number of ether oxygens (including phenoxy) is 2. The molecule has 1 heterocycles. The smallest absolute Gasteiger partial charge is 0.303 e. The summed E-state index contributed by atoms with van der Waals surface area (Å²) in [5.41, 5.74) is 0. The molecule has 0 aromatic rings. The zero-order valence-electron chi connectivity index (χ0n) is 7.08. The Morgan fingerprint density at radius 2 is 2.00 bits per heavy atom. The lowest BCUT2D eigenvalue weighted by Crippen LogP contribution is -2.54. The molecule has 0 amide bonds. The standard InChI is InChI=1S/C7H12O6/c1-3(8)13-4-2-12-7(11)6(10)5(4)9/h4-7,9-11H,2H2,1H3/t4-,5-,6-,7-/m1/s1. The Morgan fingerprint density at radius 3 is 2.54 bits per heavy atom. The molecule has 6 heteroatoms. The first-order chi connectivity index (χ1) is 6.02. The van der Waals surface area contributed by atoms with Crippen molar-refractivity contribution in [2.45, 2.75) is 31.5 Å². The largest absolute Gasteiger partial charge is 0.457 e. The van der Waals surface area contributed by atoms with Crippen molar-refractivity contribution in [1.29, 1.82) is 0 Å². The highest BCUT2D eigenvalue weighted by molar-refractivity contribution is 5.66. The van der Waals surface area contributed by atoms with E-state index in [4.69, 9.17) is 10.2 Å². The van der Waals surface area contributed by atoms with Crippen molar-refractivity contribution in [2.24, 2.45) is 0 Å². The van der Waals surface area contributed by atoms with Crippen molar-refractivity contribution in [3.8, 4) is 0 Å². The molecule has 0 unspecified atom stereocenters. The molecule has 0 aromatic heterocycles. The lowest BCUT2D eigenvalue weighted by atomic mass is 10.1. The Labute approximate surface area is 74.7 Å². The number of aliphatic hydroxyl groups excluding tert-OH is 3. The molecule has 3 N–H and O–H groups in total. The van der Waals surface area contributed by atoms with Gasteiger partial charge in [0.25, 0.3) is 0 Å². The van der Waals surface area contributed by atoms with Gasteiger partial charge in [0.2, 0.25) is 0 Å². The van der Waals surface area contributed by atoms with Crippen molar-refractivity contribution in [3.63, 3.8) is 0 Å². The second-order valence-electron chi connectivity index (χ2n) is 2.85. The molecule has 6 nitrogen and oxygen atoms in total. The van der Waals surface area contributed by atoms with Crippen LogP contribution in [0, 0.1) is 0 Å². The van der Waals surface area contributed by atoms with E-state index in [1.165, 1.54) is 6.92 Å². The van der Waals surface area contributed by atoms with Crippen LogP contribution < -0.4 is 0 Å². The van der Waals surface area contributed by atoms with Gasteiger partial charge in [-0.15, -0.1) is 0 Å². The highest BCUT2D eigenvalue weighted by atomic mass is 16.6. The number of hydrogen-bond donors (Lipinski definition) is 3. The Bertz CT molecular complexity index is 193. The molecule has 1 saturated heterocycles. The zero-order chi connectivity index (χ0) is 10.0. The van der Waals surface area contributed by atoms with Crippen molar-refractivity contribution in [3.05, 3.63) is 0 Å². The predicted molar refractivity (Wildman–Crippen MR) is 39.5 cm³/mol. The molecule has 0 aliphatic carbocycles. The zero-order valence-corrected chi connectivity index (χ0v) is 7.08. The van der Waals surface area contributed by atoms with E-state index in [2.05, 4.69) is 9.47 Å². The summed E-state index contributed by atoms with van der Waals surface area (Å²) in [6.45, 7) is 1.06. The molecule has 1 aliphatic heterocycles. The normalized spacial score (nSPS) is 40.0. The molecule has 76 valence electrons. The van der Waals surface area contributed by atoms with E-state index < -0.39 is 30.6 Å². The number of hydrogen-bond acceptors (Lipinski definition) is 6. The molecule has 1 rings (SSSR count). The van der Waals surface area contributed by atoms with E-state index in [1.54, 1.807) is 0 Å². The minimum absolute atomic E-state index is 0.126. The molecule has 4 atom stereocenters. The van der Waals surface area contributed by atoms with Gasteiger partial charge in [0.1, 0.15) is 12.2 Å². The first-order valence-corrected chi connectivity index (χ1v) is 3.85. The van der Waals surface area contributed by atoms with Crippen LogP contribution in [0.1, 0.15) is 6.92 Å². The van der Waals surface area contributed by atoms with Gasteiger partial charge in [0.05, 0.1) is 6.61 Å². The number of esters is 1. The highest BCUT2D eigenvalue weighted by Gasteiger charge is 2.39. The van der Waals surface area contributed by atoms with E-state index in [-0.39, 0.29) is 6.61 Å². The Morgan fingerprint density at radius 1 is 1.38 bits per heavy atom. The number of carbonyl (C=O) groups excluding carboxylic acids is 1. The first kappa shape index (κ1) is 10.4. The van der Waals surface area contributed by atoms with Crippen LogP contribution in [0.5, 0.6) is 0 Å². The third-order valence-electron chi connectivity index (χ3n) is 1.77. The molecule has 13 heavy (non-hydrogen) atoms. The van der Waals surface area contributed by atoms with Gasteiger partial charge < -0.3 is 24.8 Å². The van der Waals surface area contributed by atoms with Gasteiger partial charge in [-0.05, 0) is 0 Å². The third-order valence-corrected chi connectivity index (χ3v) is 1.77. The molecule has 0 saturated carbocycles. The summed E-state index contributed by atoms with van der Waals surface area (Å²) < 4.78 is 9.28. The fourth-order valence-corrected chi connectivity index (χ4v) is 1.10. The third kappa shape index (κ3) is 2.38. The quantitative estimate of drug-likeness (QED) is 0.415. The van der Waals surface area contributed by atoms with Gasteiger partial charge >= 0.3 is 5.97 Å². The average Bonchev–Trinajstić information content (AvgIpc) is 2.06. The van der Waals surface area contributed by atoms with Crippen LogP contribution in [-0.4, -0.2) is 52.5 Å². The molecule has 0 aromatic carbocycles. The summed E-state index contributed by atoms with van der Waals surface area (Å²) in [4.78, 5) is 10.5. The molecule has 0 radical (unpaired) electrons. The maximum atomic E-state index is 10.5. The van der Waals surface area contributed by atoms with Crippen molar-refractivity contribution in [2.75, 3.05) is 6.61 Å².